The van der Waals surface area contributed by atoms with Crippen molar-refractivity contribution in [3.8, 4) is 0 Å². The van der Waals surface area contributed by atoms with Crippen LogP contribution in [0.2, 0.25) is 0 Å². The molecule has 5 atom stereocenters. The number of nitrogens with one attached hydrogen (secondary N) is 3. The quantitative estimate of drug-likeness (QED) is 0.139. The van der Waals surface area contributed by atoms with Gasteiger partial charge < -0.3 is 37.6 Å². The van der Waals surface area contributed by atoms with Crippen molar-refractivity contribution in [3.63, 3.8) is 0 Å². The zero-order valence-electron chi connectivity index (χ0n) is 20.8. The lowest BCUT2D eigenvalue weighted by atomic mass is 9.98. The van der Waals surface area contributed by atoms with Crippen LogP contribution in [-0.4, -0.2) is 69.9 Å². The molecule has 4 amide bonds. The Bertz CT molecular complexity index is 971. The van der Waals surface area contributed by atoms with E-state index in [0.29, 0.717) is 6.42 Å². The lowest BCUT2D eigenvalue weighted by molar-refractivity contribution is -0.144. The van der Waals surface area contributed by atoms with Crippen LogP contribution in [0.25, 0.3) is 0 Å². The predicted octanol–water partition coefficient (Wildman–Crippen LogP) is -1.12. The molecule has 0 aromatic heterocycles. The minimum atomic E-state index is -1.65. The Labute approximate surface area is 214 Å². The summed E-state index contributed by atoms with van der Waals surface area (Å²) in [4.78, 5) is 72.6. The number of aliphatic carboxylic acids is 2. The highest BCUT2D eigenvalue weighted by Gasteiger charge is 2.33. The van der Waals surface area contributed by atoms with E-state index in [0.717, 1.165) is 5.56 Å². The Morgan fingerprint density at radius 1 is 0.892 bits per heavy atom. The fourth-order valence-electron chi connectivity index (χ4n) is 3.39. The topological polar surface area (TPSA) is 231 Å². The molecule has 0 radical (unpaired) electrons. The Morgan fingerprint density at radius 2 is 1.46 bits per heavy atom. The van der Waals surface area contributed by atoms with E-state index in [2.05, 4.69) is 16.0 Å². The summed E-state index contributed by atoms with van der Waals surface area (Å²) in [5, 5.41) is 25.5. The molecule has 37 heavy (non-hydrogen) atoms. The summed E-state index contributed by atoms with van der Waals surface area (Å²) in [6, 6.07) is 3.50. The van der Waals surface area contributed by atoms with E-state index >= 15 is 0 Å². The second-order valence-electron chi connectivity index (χ2n) is 8.73. The molecule has 0 aliphatic heterocycles. The van der Waals surface area contributed by atoms with Crippen LogP contribution < -0.4 is 27.4 Å². The van der Waals surface area contributed by atoms with Crippen LogP contribution in [0.15, 0.2) is 30.3 Å². The average Bonchev–Trinajstić information content (AvgIpc) is 2.83. The van der Waals surface area contributed by atoms with E-state index in [-0.39, 0.29) is 19.3 Å². The first-order chi connectivity index (χ1) is 17.3. The van der Waals surface area contributed by atoms with Crippen LogP contribution in [0.4, 0.5) is 0 Å². The molecule has 5 unspecified atom stereocenters. The van der Waals surface area contributed by atoms with E-state index in [1.807, 2.05) is 0 Å². The molecule has 0 aliphatic rings. The van der Waals surface area contributed by atoms with Gasteiger partial charge in [-0.05, 0) is 24.3 Å². The molecule has 0 aliphatic carbocycles. The van der Waals surface area contributed by atoms with Crippen molar-refractivity contribution in [3.05, 3.63) is 35.9 Å². The normalized spacial score (nSPS) is 14.8. The Morgan fingerprint density at radius 3 is 1.97 bits per heavy atom. The van der Waals surface area contributed by atoms with Crippen LogP contribution in [0.3, 0.4) is 0 Å². The van der Waals surface area contributed by atoms with Gasteiger partial charge >= 0.3 is 11.9 Å². The summed E-state index contributed by atoms with van der Waals surface area (Å²) >= 11 is 0. The maximum atomic E-state index is 13.0. The summed E-state index contributed by atoms with van der Waals surface area (Å²) in [6.45, 7) is 3.32. The molecule has 9 N–H and O–H groups in total. The first kappa shape index (κ1) is 31.0. The molecule has 0 saturated heterocycles. The zero-order chi connectivity index (χ0) is 28.1. The van der Waals surface area contributed by atoms with E-state index in [1.54, 1.807) is 44.2 Å². The second kappa shape index (κ2) is 15.2. The molecular formula is C24H35N5O8. The van der Waals surface area contributed by atoms with Crippen molar-refractivity contribution >= 4 is 35.6 Å². The summed E-state index contributed by atoms with van der Waals surface area (Å²) in [5.41, 5.74) is 11.9. The van der Waals surface area contributed by atoms with Gasteiger partial charge in [0.25, 0.3) is 0 Å². The van der Waals surface area contributed by atoms with Crippen LogP contribution in [0.1, 0.15) is 45.1 Å². The van der Waals surface area contributed by atoms with Crippen LogP contribution in [0, 0.1) is 5.92 Å². The van der Waals surface area contributed by atoms with E-state index in [4.69, 9.17) is 11.5 Å². The third kappa shape index (κ3) is 11.1. The number of rotatable bonds is 16. The van der Waals surface area contributed by atoms with Crippen molar-refractivity contribution in [1.29, 1.82) is 0 Å². The summed E-state index contributed by atoms with van der Waals surface area (Å²) in [6.07, 6.45) is -0.812. The Balaban J connectivity index is 3.02. The van der Waals surface area contributed by atoms with Crippen molar-refractivity contribution in [2.75, 3.05) is 0 Å². The predicted molar refractivity (Wildman–Crippen MR) is 132 cm³/mol. The molecule has 1 rings (SSSR count). The fraction of sp³-hybridized carbons (Fsp3) is 0.500. The van der Waals surface area contributed by atoms with Crippen molar-refractivity contribution in [1.82, 2.24) is 16.0 Å². The number of hydrogen-bond acceptors (Lipinski definition) is 7. The van der Waals surface area contributed by atoms with Crippen LogP contribution in [-0.2, 0) is 35.2 Å². The van der Waals surface area contributed by atoms with Crippen LogP contribution >= 0.6 is 0 Å². The van der Waals surface area contributed by atoms with Gasteiger partial charge in [-0.15, -0.1) is 0 Å². The minimum absolute atomic E-state index is 0.160. The maximum absolute atomic E-state index is 13.0. The third-order valence-corrected chi connectivity index (χ3v) is 5.74. The molecule has 1 aromatic carbocycles. The number of carboxylic acid groups (broad SMARTS) is 2. The van der Waals surface area contributed by atoms with Gasteiger partial charge in [-0.25, -0.2) is 4.79 Å². The van der Waals surface area contributed by atoms with Gasteiger partial charge in [-0.1, -0.05) is 50.6 Å². The third-order valence-electron chi connectivity index (χ3n) is 5.74. The summed E-state index contributed by atoms with van der Waals surface area (Å²) in [5.74, 6) is -6.67. The molecule has 0 fully saturated rings. The average molecular weight is 522 g/mol. The van der Waals surface area contributed by atoms with Gasteiger partial charge in [0.15, 0.2) is 0 Å². The van der Waals surface area contributed by atoms with E-state index in [9.17, 15) is 39.0 Å². The number of carbonyl (C=O) groups is 6. The van der Waals surface area contributed by atoms with Gasteiger partial charge in [0.05, 0.1) is 12.5 Å². The molecular weight excluding hydrogens is 486 g/mol. The molecule has 13 nitrogen and oxygen atoms in total. The molecule has 0 bridgehead atoms. The Hall–Kier alpha value is -4.00. The maximum Gasteiger partial charge on any atom is 0.326 e. The van der Waals surface area contributed by atoms with Gasteiger partial charge in [0, 0.05) is 6.42 Å². The van der Waals surface area contributed by atoms with Gasteiger partial charge in [-0.3, -0.25) is 24.0 Å². The number of primary amides is 1. The van der Waals surface area contributed by atoms with Gasteiger partial charge in [0.1, 0.15) is 18.1 Å². The molecule has 1 aromatic rings. The number of carbonyl (C=O) groups excluding carboxylic acids is 4. The molecule has 0 heterocycles. The van der Waals surface area contributed by atoms with Crippen molar-refractivity contribution in [2.24, 2.45) is 17.4 Å². The smallest absolute Gasteiger partial charge is 0.326 e. The lowest BCUT2D eigenvalue weighted by Gasteiger charge is -2.26. The fourth-order valence-corrected chi connectivity index (χ4v) is 3.39. The van der Waals surface area contributed by atoms with Crippen molar-refractivity contribution < 1.29 is 39.0 Å². The zero-order valence-corrected chi connectivity index (χ0v) is 20.8. The number of benzene rings is 1. The minimum Gasteiger partial charge on any atom is -0.481 e. The van der Waals surface area contributed by atoms with Crippen LogP contribution in [0.5, 0.6) is 0 Å². The van der Waals surface area contributed by atoms with E-state index in [1.165, 1.54) is 0 Å². The highest BCUT2D eigenvalue weighted by atomic mass is 16.4. The summed E-state index contributed by atoms with van der Waals surface area (Å²) < 4.78 is 0. The molecule has 13 heteroatoms. The number of hydrogen-bond donors (Lipinski definition) is 7. The number of nitrogens with two attached hydrogens (primary N) is 2. The first-order valence-electron chi connectivity index (χ1n) is 11.8. The second-order valence-corrected chi connectivity index (χ2v) is 8.73. The molecule has 0 saturated carbocycles. The highest BCUT2D eigenvalue weighted by Crippen LogP contribution is 2.09. The monoisotopic (exact) mass is 521 g/mol. The van der Waals surface area contributed by atoms with E-state index < -0.39 is 72.1 Å². The lowest BCUT2D eigenvalue weighted by Crippen LogP contribution is -2.58. The van der Waals surface area contributed by atoms with Gasteiger partial charge in [0.2, 0.25) is 23.6 Å². The highest BCUT2D eigenvalue weighted by molar-refractivity contribution is 5.95. The van der Waals surface area contributed by atoms with Crippen molar-refractivity contribution in [2.45, 2.75) is 70.1 Å². The molecule has 0 spiro atoms. The largest absolute Gasteiger partial charge is 0.481 e. The Kier molecular flexibility index (Phi) is 12.7. The number of carboxylic acids is 2. The number of amides is 4. The molecule has 204 valence electrons. The van der Waals surface area contributed by atoms with Gasteiger partial charge in [-0.2, -0.15) is 0 Å². The summed E-state index contributed by atoms with van der Waals surface area (Å²) in [7, 11) is 0. The first-order valence-corrected chi connectivity index (χ1v) is 11.8. The SMILES string of the molecule is CCC(C)C(NC(=O)C(CC(=O)O)NC(=O)C(CCC(N)=O)NC(=O)C(N)Cc1ccccc1)C(=O)O. The standard InChI is InChI=1S/C24H35N5O8/c1-3-13(2)20(24(36)37)29-23(35)17(12-19(31)32)28-22(34)16(9-10-18(26)30)27-21(33)15(25)11-14-7-5-4-6-8-14/h4-8,13,15-17,20H,3,9-12,25H2,1-2H3,(H2,26,30)(H,27,33)(H,28,34)(H,29,35)(H,31,32)(H,36,37).